The molecule has 92 valence electrons. The third kappa shape index (κ3) is 2.15. The van der Waals surface area contributed by atoms with Crippen molar-refractivity contribution in [2.45, 2.75) is 38.9 Å². The average Bonchev–Trinajstić information content (AvgIpc) is 2.34. The van der Waals surface area contributed by atoms with Crippen molar-refractivity contribution in [3.63, 3.8) is 0 Å². The maximum atomic E-state index is 13.1. The Kier molecular flexibility index (Phi) is 2.67. The Labute approximate surface area is 99.3 Å². The Bertz CT molecular complexity index is 482. The number of hydrogen-bond acceptors (Lipinski definition) is 3. The third-order valence-electron chi connectivity index (χ3n) is 3.36. The largest absolute Gasteiger partial charge is 0.495 e. The average molecular weight is 239 g/mol. The van der Waals surface area contributed by atoms with Crippen LogP contribution in [0.15, 0.2) is 16.9 Å². The molecular formula is C11H15BFNO3. The monoisotopic (exact) mass is 239 g/mol. The second-order valence-electron chi connectivity index (χ2n) is 5.21. The van der Waals surface area contributed by atoms with Gasteiger partial charge in [0.1, 0.15) is 0 Å². The van der Waals surface area contributed by atoms with Gasteiger partial charge in [0.2, 0.25) is 5.56 Å². The highest BCUT2D eigenvalue weighted by Crippen LogP contribution is 2.36. The predicted molar refractivity (Wildman–Crippen MR) is 62.7 cm³/mol. The molecule has 1 aliphatic rings. The topological polar surface area (TPSA) is 51.3 Å². The van der Waals surface area contributed by atoms with Crippen LogP contribution in [-0.4, -0.2) is 23.3 Å². The summed E-state index contributed by atoms with van der Waals surface area (Å²) in [6, 6.07) is 2.49. The molecule has 0 bridgehead atoms. The lowest BCUT2D eigenvalue weighted by molar-refractivity contribution is 0.00578. The molecule has 2 rings (SSSR count). The molecule has 1 N–H and O–H groups in total. The van der Waals surface area contributed by atoms with Crippen LogP contribution in [0.25, 0.3) is 0 Å². The van der Waals surface area contributed by atoms with Crippen molar-refractivity contribution in [2.75, 3.05) is 0 Å². The van der Waals surface area contributed by atoms with Gasteiger partial charge in [0, 0.05) is 6.07 Å². The van der Waals surface area contributed by atoms with Crippen LogP contribution in [-0.2, 0) is 9.31 Å². The first kappa shape index (κ1) is 12.3. The molecule has 0 spiro atoms. The Morgan fingerprint density at radius 2 is 1.71 bits per heavy atom. The molecule has 1 aromatic heterocycles. The number of aromatic nitrogens is 1. The van der Waals surface area contributed by atoms with Crippen LogP contribution in [0.5, 0.6) is 0 Å². The van der Waals surface area contributed by atoms with Gasteiger partial charge in [0.25, 0.3) is 0 Å². The molecule has 1 fully saturated rings. The van der Waals surface area contributed by atoms with Crippen LogP contribution in [0, 0.1) is 5.95 Å². The van der Waals surface area contributed by atoms with E-state index in [1.165, 1.54) is 12.1 Å². The predicted octanol–water partition coefficient (Wildman–Crippen LogP) is 0.813. The fourth-order valence-corrected chi connectivity index (χ4v) is 1.64. The van der Waals surface area contributed by atoms with E-state index in [2.05, 4.69) is 0 Å². The lowest BCUT2D eigenvalue weighted by atomic mass is 9.80. The van der Waals surface area contributed by atoms with Crippen LogP contribution < -0.4 is 11.0 Å². The van der Waals surface area contributed by atoms with Gasteiger partial charge >= 0.3 is 7.12 Å². The van der Waals surface area contributed by atoms with E-state index in [1.54, 1.807) is 0 Å². The summed E-state index contributed by atoms with van der Waals surface area (Å²) >= 11 is 0. The van der Waals surface area contributed by atoms with Crippen molar-refractivity contribution in [2.24, 2.45) is 0 Å². The number of pyridine rings is 1. The van der Waals surface area contributed by atoms with E-state index in [4.69, 9.17) is 9.31 Å². The van der Waals surface area contributed by atoms with Crippen LogP contribution in [0.3, 0.4) is 0 Å². The summed E-state index contributed by atoms with van der Waals surface area (Å²) in [5.41, 5.74) is -1.12. The second-order valence-corrected chi connectivity index (χ2v) is 5.21. The summed E-state index contributed by atoms with van der Waals surface area (Å²) < 4.78 is 24.5. The minimum Gasteiger partial charge on any atom is -0.399 e. The zero-order valence-electron chi connectivity index (χ0n) is 10.3. The fourth-order valence-electron chi connectivity index (χ4n) is 1.64. The maximum Gasteiger partial charge on any atom is 0.495 e. The van der Waals surface area contributed by atoms with E-state index in [-0.39, 0.29) is 0 Å². The van der Waals surface area contributed by atoms with Crippen LogP contribution >= 0.6 is 0 Å². The minimum absolute atomic E-state index is 0.393. The van der Waals surface area contributed by atoms with E-state index < -0.39 is 29.8 Å². The number of nitrogens with one attached hydrogen (secondary N) is 1. The third-order valence-corrected chi connectivity index (χ3v) is 3.36. The zero-order chi connectivity index (χ0) is 12.8. The van der Waals surface area contributed by atoms with Crippen LogP contribution in [0.4, 0.5) is 4.39 Å². The van der Waals surface area contributed by atoms with Crippen molar-refractivity contribution in [1.29, 1.82) is 0 Å². The number of halogens is 1. The molecule has 4 nitrogen and oxygen atoms in total. The molecule has 0 unspecified atom stereocenters. The van der Waals surface area contributed by atoms with Crippen molar-refractivity contribution in [3.8, 4) is 0 Å². The lowest BCUT2D eigenvalue weighted by Gasteiger charge is -2.32. The first-order chi connectivity index (χ1) is 7.71. The molecule has 0 atom stereocenters. The van der Waals surface area contributed by atoms with E-state index in [1.807, 2.05) is 32.7 Å². The first-order valence-corrected chi connectivity index (χ1v) is 5.47. The molecule has 17 heavy (non-hydrogen) atoms. The molecule has 0 aliphatic carbocycles. The van der Waals surface area contributed by atoms with Crippen molar-refractivity contribution in [3.05, 3.63) is 28.4 Å². The van der Waals surface area contributed by atoms with Gasteiger partial charge in [0.15, 0.2) is 5.95 Å². The van der Waals surface area contributed by atoms with Gasteiger partial charge in [-0.05, 0) is 39.2 Å². The summed E-state index contributed by atoms with van der Waals surface area (Å²) in [4.78, 5) is 13.2. The normalized spacial score (nSPS) is 21.8. The maximum absolute atomic E-state index is 13.1. The minimum atomic E-state index is -0.711. The Hall–Kier alpha value is -1.14. The molecule has 1 aliphatic heterocycles. The van der Waals surface area contributed by atoms with Crippen LogP contribution in [0.1, 0.15) is 27.7 Å². The fraction of sp³-hybridized carbons (Fsp3) is 0.545. The summed E-state index contributed by atoms with van der Waals surface area (Å²) in [5, 5.41) is 0. The van der Waals surface area contributed by atoms with E-state index in [0.717, 1.165) is 0 Å². The van der Waals surface area contributed by atoms with Crippen molar-refractivity contribution >= 4 is 12.6 Å². The van der Waals surface area contributed by atoms with Gasteiger partial charge in [-0.25, -0.2) is 0 Å². The number of aromatic amines is 1. The number of H-pyrrole nitrogens is 1. The second kappa shape index (κ2) is 3.68. The zero-order valence-corrected chi connectivity index (χ0v) is 10.3. The molecule has 1 aromatic rings. The highest BCUT2D eigenvalue weighted by atomic mass is 19.1. The van der Waals surface area contributed by atoms with Gasteiger partial charge in [-0.1, -0.05) is 0 Å². The highest BCUT2D eigenvalue weighted by molar-refractivity contribution is 6.62. The quantitative estimate of drug-likeness (QED) is 0.582. The van der Waals surface area contributed by atoms with Crippen molar-refractivity contribution < 1.29 is 13.7 Å². The van der Waals surface area contributed by atoms with E-state index in [9.17, 15) is 9.18 Å². The highest BCUT2D eigenvalue weighted by Gasteiger charge is 2.51. The van der Waals surface area contributed by atoms with E-state index >= 15 is 0 Å². The Morgan fingerprint density at radius 1 is 1.18 bits per heavy atom. The van der Waals surface area contributed by atoms with Gasteiger partial charge in [-0.15, -0.1) is 0 Å². The smallest absolute Gasteiger partial charge is 0.399 e. The van der Waals surface area contributed by atoms with Crippen LogP contribution in [0.2, 0.25) is 0 Å². The van der Waals surface area contributed by atoms with Gasteiger partial charge < -0.3 is 9.31 Å². The molecule has 2 heterocycles. The molecule has 1 saturated heterocycles. The molecule has 0 aromatic carbocycles. The molecule has 0 amide bonds. The molecule has 0 radical (unpaired) electrons. The molecule has 6 heteroatoms. The lowest BCUT2D eigenvalue weighted by Crippen LogP contribution is -2.41. The summed E-state index contributed by atoms with van der Waals surface area (Å²) in [5.74, 6) is -0.692. The van der Waals surface area contributed by atoms with Gasteiger partial charge in [-0.2, -0.15) is 4.39 Å². The standard InChI is InChI=1S/C11H15BFNO3/c1-10(2)11(3,4)17-12(16-10)7-5-8(13)14-9(15)6-7/h5-6H,1-4H3,(H,14,15). The van der Waals surface area contributed by atoms with E-state index in [0.29, 0.717) is 5.46 Å². The Morgan fingerprint density at radius 3 is 2.18 bits per heavy atom. The summed E-state index contributed by atoms with van der Waals surface area (Å²) in [7, 11) is -0.711. The van der Waals surface area contributed by atoms with Gasteiger partial charge in [-0.3, -0.25) is 9.78 Å². The molecule has 0 saturated carbocycles. The van der Waals surface area contributed by atoms with Crippen molar-refractivity contribution in [1.82, 2.24) is 4.98 Å². The Balaban J connectivity index is 2.35. The first-order valence-electron chi connectivity index (χ1n) is 5.47. The van der Waals surface area contributed by atoms with Gasteiger partial charge in [0.05, 0.1) is 11.2 Å². The number of rotatable bonds is 1. The molecular weight excluding hydrogens is 224 g/mol. The summed E-state index contributed by atoms with van der Waals surface area (Å²) in [6.07, 6.45) is 0. The number of hydrogen-bond donors (Lipinski definition) is 1. The summed E-state index contributed by atoms with van der Waals surface area (Å²) in [6.45, 7) is 7.60. The SMILES string of the molecule is CC1(C)OB(c2cc(F)[nH]c(=O)c2)OC1(C)C.